The van der Waals surface area contributed by atoms with Crippen molar-refractivity contribution in [3.05, 3.63) is 30.0 Å². The van der Waals surface area contributed by atoms with Crippen LogP contribution in [0, 0.1) is 0 Å². The monoisotopic (exact) mass is 496 g/mol. The molecule has 6 rings (SSSR count). The first-order valence-corrected chi connectivity index (χ1v) is 14.0. The zero-order valence-electron chi connectivity index (χ0n) is 20.4. The van der Waals surface area contributed by atoms with E-state index in [9.17, 15) is 4.55 Å². The summed E-state index contributed by atoms with van der Waals surface area (Å²) in [6.45, 7) is 5.10. The molecule has 3 aliphatic rings. The molecule has 3 atom stereocenters. The van der Waals surface area contributed by atoms with E-state index in [1.807, 2.05) is 28.7 Å². The molecular formula is C25H32N6O3S. The van der Waals surface area contributed by atoms with Crippen LogP contribution in [0.25, 0.3) is 28.0 Å². The van der Waals surface area contributed by atoms with E-state index in [-0.39, 0.29) is 12.3 Å². The van der Waals surface area contributed by atoms with Crippen LogP contribution in [0.2, 0.25) is 0 Å². The summed E-state index contributed by atoms with van der Waals surface area (Å²) in [7, 11) is 1.98. The Morgan fingerprint density at radius 3 is 2.91 bits per heavy atom. The summed E-state index contributed by atoms with van der Waals surface area (Å²) < 4.78 is 27.7. The second kappa shape index (κ2) is 9.57. The maximum atomic E-state index is 12.1. The summed E-state index contributed by atoms with van der Waals surface area (Å²) in [5.74, 6) is 2.22. The average molecular weight is 497 g/mol. The van der Waals surface area contributed by atoms with Gasteiger partial charge in [0.1, 0.15) is 28.5 Å². The molecule has 10 heteroatoms. The number of rotatable bonds is 4. The maximum Gasteiger partial charge on any atom is 0.150 e. The number of ether oxygens (including phenoxy) is 2. The highest BCUT2D eigenvalue weighted by molar-refractivity contribution is 7.91. The normalized spacial score (nSPS) is 25.7. The van der Waals surface area contributed by atoms with Gasteiger partial charge in [-0.2, -0.15) is 10.2 Å². The van der Waals surface area contributed by atoms with E-state index >= 15 is 0 Å². The molecule has 0 aliphatic carbocycles. The minimum Gasteiger partial charge on any atom is -0.616 e. The lowest BCUT2D eigenvalue weighted by Crippen LogP contribution is -2.44. The maximum absolute atomic E-state index is 12.1. The zero-order chi connectivity index (χ0) is 23.9. The van der Waals surface area contributed by atoms with Crippen molar-refractivity contribution in [2.45, 2.75) is 44.9 Å². The lowest BCUT2D eigenvalue weighted by molar-refractivity contribution is -0.0384. The number of aromatic nitrogens is 5. The Labute approximate surface area is 208 Å². The molecule has 9 nitrogen and oxygen atoms in total. The fourth-order valence-corrected chi connectivity index (χ4v) is 6.39. The molecule has 35 heavy (non-hydrogen) atoms. The average Bonchev–Trinajstić information content (AvgIpc) is 3.49. The van der Waals surface area contributed by atoms with Crippen LogP contribution in [0.3, 0.4) is 0 Å². The Morgan fingerprint density at radius 1 is 1.23 bits per heavy atom. The molecule has 3 aromatic heterocycles. The van der Waals surface area contributed by atoms with Gasteiger partial charge < -0.3 is 18.9 Å². The minimum atomic E-state index is -0.781. The van der Waals surface area contributed by atoms with Gasteiger partial charge in [-0.1, -0.05) is 0 Å². The zero-order valence-corrected chi connectivity index (χ0v) is 21.2. The van der Waals surface area contributed by atoms with Gasteiger partial charge in [0.15, 0.2) is 6.23 Å². The van der Waals surface area contributed by atoms with Gasteiger partial charge in [-0.05, 0) is 61.1 Å². The molecule has 0 saturated carbocycles. The lowest BCUT2D eigenvalue weighted by Gasteiger charge is -2.34. The standard InChI is InChI=1S/C25H32N6O3S/c1-17-16-33-12-10-30(17)21-15-19(18-7-13-35(32)14-8-18)25-24(27-21)23(28-29(25)2)20-6-9-26-31(20)22-5-3-4-11-34-22/h6-7,9,15,17,22H,3-5,8,10-14,16H2,1-2H3/t17-,22?,35?/m1/s1. The van der Waals surface area contributed by atoms with E-state index in [2.05, 4.69) is 29.1 Å². The number of fused-ring (bicyclic) bond motifs is 1. The first-order chi connectivity index (χ1) is 17.1. The Bertz CT molecular complexity index is 1250. The molecule has 186 valence electrons. The fourth-order valence-electron chi connectivity index (χ4n) is 5.39. The van der Waals surface area contributed by atoms with E-state index in [1.54, 1.807) is 0 Å². The molecule has 0 bridgehead atoms. The molecule has 0 radical (unpaired) electrons. The van der Waals surface area contributed by atoms with Crippen molar-refractivity contribution in [2.24, 2.45) is 7.05 Å². The molecule has 2 saturated heterocycles. The third-order valence-corrected chi connectivity index (χ3v) is 8.44. The number of nitrogens with zero attached hydrogens (tertiary/aromatic N) is 6. The molecule has 0 aromatic carbocycles. The molecule has 2 unspecified atom stereocenters. The highest BCUT2D eigenvalue weighted by Crippen LogP contribution is 2.37. The first kappa shape index (κ1) is 23.0. The number of anilines is 1. The Kier molecular flexibility index (Phi) is 6.30. The van der Waals surface area contributed by atoms with Crippen molar-refractivity contribution in [3.8, 4) is 11.4 Å². The van der Waals surface area contributed by atoms with Crippen molar-refractivity contribution < 1.29 is 14.0 Å². The summed E-state index contributed by atoms with van der Waals surface area (Å²) in [6, 6.07) is 4.43. The molecule has 2 fully saturated rings. The van der Waals surface area contributed by atoms with Gasteiger partial charge in [0.05, 0.1) is 30.5 Å². The van der Waals surface area contributed by atoms with Crippen molar-refractivity contribution in [3.63, 3.8) is 0 Å². The molecular weight excluding hydrogens is 464 g/mol. The number of hydrogen-bond acceptors (Lipinski definition) is 7. The van der Waals surface area contributed by atoms with E-state index in [1.165, 1.54) is 5.57 Å². The van der Waals surface area contributed by atoms with Gasteiger partial charge in [0, 0.05) is 38.4 Å². The van der Waals surface area contributed by atoms with Crippen molar-refractivity contribution in [1.29, 1.82) is 0 Å². The predicted molar refractivity (Wildman–Crippen MR) is 137 cm³/mol. The molecule has 3 aliphatic heterocycles. The van der Waals surface area contributed by atoms with Gasteiger partial charge in [-0.25, -0.2) is 9.67 Å². The molecule has 6 heterocycles. The van der Waals surface area contributed by atoms with Crippen molar-refractivity contribution in [2.75, 3.05) is 42.8 Å². The van der Waals surface area contributed by atoms with Crippen LogP contribution in [0.4, 0.5) is 5.82 Å². The van der Waals surface area contributed by atoms with Crippen LogP contribution < -0.4 is 4.90 Å². The van der Waals surface area contributed by atoms with Crippen LogP contribution in [0.5, 0.6) is 0 Å². The molecule has 3 aromatic rings. The Balaban J connectivity index is 1.53. The van der Waals surface area contributed by atoms with E-state index in [0.29, 0.717) is 24.7 Å². The van der Waals surface area contributed by atoms with Gasteiger partial charge in [0.2, 0.25) is 0 Å². The summed E-state index contributed by atoms with van der Waals surface area (Å²) >= 11 is -0.781. The van der Waals surface area contributed by atoms with Crippen LogP contribution in [0.15, 0.2) is 24.4 Å². The lowest BCUT2D eigenvalue weighted by atomic mass is 10.0. The van der Waals surface area contributed by atoms with Crippen molar-refractivity contribution in [1.82, 2.24) is 24.5 Å². The number of pyridine rings is 1. The summed E-state index contributed by atoms with van der Waals surface area (Å²) in [5, 5.41) is 9.59. The van der Waals surface area contributed by atoms with Crippen molar-refractivity contribution >= 4 is 33.6 Å². The summed E-state index contributed by atoms with van der Waals surface area (Å²) in [6.07, 6.45) is 7.82. The predicted octanol–water partition coefficient (Wildman–Crippen LogP) is 3.29. The van der Waals surface area contributed by atoms with Crippen LogP contribution in [-0.4, -0.2) is 73.0 Å². The smallest absolute Gasteiger partial charge is 0.150 e. The number of hydrogen-bond donors (Lipinski definition) is 0. The van der Waals surface area contributed by atoms with Gasteiger partial charge in [-0.15, -0.1) is 0 Å². The highest BCUT2D eigenvalue weighted by Gasteiger charge is 2.28. The fraction of sp³-hybridized carbons (Fsp3) is 0.560. The number of allylic oxidation sites excluding steroid dienone is 1. The van der Waals surface area contributed by atoms with Crippen LogP contribution >= 0.6 is 0 Å². The van der Waals surface area contributed by atoms with Gasteiger partial charge in [-0.3, -0.25) is 4.68 Å². The largest absolute Gasteiger partial charge is 0.616 e. The van der Waals surface area contributed by atoms with E-state index < -0.39 is 11.2 Å². The third-order valence-electron chi connectivity index (χ3n) is 7.24. The van der Waals surface area contributed by atoms with Crippen LogP contribution in [0.1, 0.15) is 44.4 Å². The summed E-state index contributed by atoms with van der Waals surface area (Å²) in [4.78, 5) is 7.53. The first-order valence-electron chi connectivity index (χ1n) is 12.5. The van der Waals surface area contributed by atoms with E-state index in [4.69, 9.17) is 19.6 Å². The molecule has 0 N–H and O–H groups in total. The Morgan fingerprint density at radius 2 is 2.14 bits per heavy atom. The quantitative estimate of drug-likeness (QED) is 0.512. The molecule has 0 spiro atoms. The van der Waals surface area contributed by atoms with Gasteiger partial charge >= 0.3 is 0 Å². The number of aryl methyl sites for hydroxylation is 1. The SMILES string of the molecule is C[C@@H]1COCCN1c1cc(C2=CC[S+]([O-])CC2)c2c(n1)c(-c1ccnn1C1CCCCO1)nn2C. The summed E-state index contributed by atoms with van der Waals surface area (Å²) in [5.41, 5.74) is 5.95. The third kappa shape index (κ3) is 4.26. The van der Waals surface area contributed by atoms with E-state index in [0.717, 1.165) is 72.6 Å². The number of morpholine rings is 1. The topological polar surface area (TPSA) is 93.3 Å². The highest BCUT2D eigenvalue weighted by atomic mass is 32.2. The Hall–Kier alpha value is -2.40. The minimum absolute atomic E-state index is 0.0799. The second-order valence-corrected chi connectivity index (χ2v) is 11.2. The van der Waals surface area contributed by atoms with Gasteiger partial charge in [0.25, 0.3) is 0 Å². The second-order valence-electron chi connectivity index (χ2n) is 9.59. The van der Waals surface area contributed by atoms with Crippen LogP contribution in [-0.2, 0) is 27.7 Å². The molecule has 0 amide bonds.